The third-order valence-corrected chi connectivity index (χ3v) is 4.92. The molecule has 1 aliphatic rings. The number of hydrogen-bond acceptors (Lipinski definition) is 2. The summed E-state index contributed by atoms with van der Waals surface area (Å²) in [6.07, 6.45) is 1.71. The van der Waals surface area contributed by atoms with E-state index in [0.717, 1.165) is 37.1 Å². The highest BCUT2D eigenvalue weighted by Crippen LogP contribution is 2.38. The molecule has 1 fully saturated rings. The van der Waals surface area contributed by atoms with Crippen LogP contribution < -0.4 is 0 Å². The van der Waals surface area contributed by atoms with Gasteiger partial charge in [-0.2, -0.15) is 0 Å². The standard InChI is InChI=1S/C20H21F2NO2/c21-17-5-1-14(2-6-17)20(15-3-7-18(22)8-4-15)16-9-11-23(12-10-16)13-19(24)25/h1-8,16,20H,9-13H2,(H,24,25). The van der Waals surface area contributed by atoms with Crippen LogP contribution in [-0.2, 0) is 4.79 Å². The first-order chi connectivity index (χ1) is 12.0. The average Bonchev–Trinajstić information content (AvgIpc) is 2.59. The van der Waals surface area contributed by atoms with Crippen LogP contribution in [0.25, 0.3) is 0 Å². The molecule has 0 spiro atoms. The second kappa shape index (κ2) is 7.74. The van der Waals surface area contributed by atoms with Crippen LogP contribution in [-0.4, -0.2) is 35.6 Å². The molecule has 0 amide bonds. The molecule has 1 N–H and O–H groups in total. The van der Waals surface area contributed by atoms with Gasteiger partial charge in [-0.25, -0.2) is 8.78 Å². The molecule has 0 aliphatic carbocycles. The Balaban J connectivity index is 1.83. The predicted octanol–water partition coefficient (Wildman–Crippen LogP) is 3.89. The van der Waals surface area contributed by atoms with Gasteiger partial charge >= 0.3 is 5.97 Å². The lowest BCUT2D eigenvalue weighted by Gasteiger charge is -2.36. The molecule has 25 heavy (non-hydrogen) atoms. The highest BCUT2D eigenvalue weighted by Gasteiger charge is 2.29. The molecule has 0 saturated carbocycles. The highest BCUT2D eigenvalue weighted by atomic mass is 19.1. The number of carbonyl (C=O) groups is 1. The zero-order chi connectivity index (χ0) is 17.8. The Hall–Kier alpha value is -2.27. The second-order valence-electron chi connectivity index (χ2n) is 6.59. The van der Waals surface area contributed by atoms with Crippen molar-refractivity contribution >= 4 is 5.97 Å². The van der Waals surface area contributed by atoms with Crippen LogP contribution in [0.1, 0.15) is 29.9 Å². The van der Waals surface area contributed by atoms with E-state index >= 15 is 0 Å². The van der Waals surface area contributed by atoms with E-state index in [1.807, 2.05) is 4.90 Å². The van der Waals surface area contributed by atoms with Crippen molar-refractivity contribution in [2.24, 2.45) is 5.92 Å². The van der Waals surface area contributed by atoms with Crippen LogP contribution in [0.15, 0.2) is 48.5 Å². The lowest BCUT2D eigenvalue weighted by molar-refractivity contribution is -0.138. The maximum absolute atomic E-state index is 13.3. The third kappa shape index (κ3) is 4.42. The molecule has 0 atom stereocenters. The lowest BCUT2D eigenvalue weighted by Crippen LogP contribution is -2.38. The fourth-order valence-corrected chi connectivity index (χ4v) is 3.71. The molecule has 0 unspecified atom stereocenters. The van der Waals surface area contributed by atoms with Gasteiger partial charge in [0.05, 0.1) is 6.54 Å². The van der Waals surface area contributed by atoms with Crippen molar-refractivity contribution in [3.05, 3.63) is 71.3 Å². The molecule has 1 aliphatic heterocycles. The summed E-state index contributed by atoms with van der Waals surface area (Å²) in [5, 5.41) is 8.94. The van der Waals surface area contributed by atoms with Crippen molar-refractivity contribution < 1.29 is 18.7 Å². The average molecular weight is 345 g/mol. The molecule has 1 saturated heterocycles. The van der Waals surface area contributed by atoms with Crippen molar-refractivity contribution in [3.8, 4) is 0 Å². The zero-order valence-electron chi connectivity index (χ0n) is 13.9. The van der Waals surface area contributed by atoms with Gasteiger partial charge in [-0.1, -0.05) is 24.3 Å². The number of carboxylic acid groups (broad SMARTS) is 1. The van der Waals surface area contributed by atoms with Gasteiger partial charge in [0, 0.05) is 5.92 Å². The Bertz CT molecular complexity index is 662. The molecule has 3 nitrogen and oxygen atoms in total. The summed E-state index contributed by atoms with van der Waals surface area (Å²) >= 11 is 0. The van der Waals surface area contributed by atoms with Crippen LogP contribution in [0, 0.1) is 17.6 Å². The van der Waals surface area contributed by atoms with E-state index in [0.29, 0.717) is 5.92 Å². The number of rotatable bonds is 5. The van der Waals surface area contributed by atoms with Crippen molar-refractivity contribution in [1.82, 2.24) is 4.90 Å². The van der Waals surface area contributed by atoms with Gasteiger partial charge in [0.1, 0.15) is 11.6 Å². The van der Waals surface area contributed by atoms with E-state index < -0.39 is 5.97 Å². The topological polar surface area (TPSA) is 40.5 Å². The summed E-state index contributed by atoms with van der Waals surface area (Å²) in [5.41, 5.74) is 2.01. The maximum Gasteiger partial charge on any atom is 0.317 e. The Morgan fingerprint density at radius 1 is 0.960 bits per heavy atom. The van der Waals surface area contributed by atoms with Crippen LogP contribution in [0.3, 0.4) is 0 Å². The van der Waals surface area contributed by atoms with Crippen molar-refractivity contribution in [1.29, 1.82) is 0 Å². The number of aliphatic carboxylic acids is 1. The minimum atomic E-state index is -0.813. The first kappa shape index (κ1) is 17.5. The molecular formula is C20H21F2NO2. The minimum Gasteiger partial charge on any atom is -0.480 e. The summed E-state index contributed by atoms with van der Waals surface area (Å²) in [5.74, 6) is -1.02. The van der Waals surface area contributed by atoms with E-state index in [9.17, 15) is 13.6 Å². The fourth-order valence-electron chi connectivity index (χ4n) is 3.71. The smallest absolute Gasteiger partial charge is 0.317 e. The summed E-state index contributed by atoms with van der Waals surface area (Å²) in [6, 6.07) is 12.9. The summed E-state index contributed by atoms with van der Waals surface area (Å²) in [6.45, 7) is 1.50. The lowest BCUT2D eigenvalue weighted by atomic mass is 9.76. The normalized spacial score (nSPS) is 16.3. The van der Waals surface area contributed by atoms with Gasteiger partial charge in [0.15, 0.2) is 0 Å². The van der Waals surface area contributed by atoms with E-state index in [-0.39, 0.29) is 24.1 Å². The molecule has 132 valence electrons. The summed E-state index contributed by atoms with van der Waals surface area (Å²) in [4.78, 5) is 12.8. The number of nitrogens with zero attached hydrogens (tertiary/aromatic N) is 1. The number of carboxylic acids is 1. The quantitative estimate of drug-likeness (QED) is 0.894. The van der Waals surface area contributed by atoms with Crippen molar-refractivity contribution in [2.45, 2.75) is 18.8 Å². The molecule has 0 radical (unpaired) electrons. The van der Waals surface area contributed by atoms with Gasteiger partial charge < -0.3 is 5.11 Å². The monoisotopic (exact) mass is 345 g/mol. The third-order valence-electron chi connectivity index (χ3n) is 4.92. The van der Waals surface area contributed by atoms with E-state index in [2.05, 4.69) is 0 Å². The van der Waals surface area contributed by atoms with Gasteiger partial charge in [0.2, 0.25) is 0 Å². The summed E-state index contributed by atoms with van der Waals surface area (Å²) in [7, 11) is 0. The minimum absolute atomic E-state index is 0.0492. The van der Waals surface area contributed by atoms with Gasteiger partial charge in [-0.3, -0.25) is 9.69 Å². The van der Waals surface area contributed by atoms with Gasteiger partial charge in [0.25, 0.3) is 0 Å². The molecular weight excluding hydrogens is 324 g/mol. The van der Waals surface area contributed by atoms with E-state index in [1.54, 1.807) is 24.3 Å². The Morgan fingerprint density at radius 2 is 1.40 bits per heavy atom. The van der Waals surface area contributed by atoms with E-state index in [1.165, 1.54) is 24.3 Å². The van der Waals surface area contributed by atoms with Crippen LogP contribution in [0.2, 0.25) is 0 Å². The van der Waals surface area contributed by atoms with Gasteiger partial charge in [-0.05, 0) is 67.2 Å². The predicted molar refractivity (Wildman–Crippen MR) is 91.4 cm³/mol. The van der Waals surface area contributed by atoms with Crippen molar-refractivity contribution in [2.75, 3.05) is 19.6 Å². The first-order valence-corrected chi connectivity index (χ1v) is 8.48. The molecule has 2 aromatic carbocycles. The SMILES string of the molecule is O=C(O)CN1CCC(C(c2ccc(F)cc2)c2ccc(F)cc2)CC1. The molecule has 1 heterocycles. The highest BCUT2D eigenvalue weighted by molar-refractivity contribution is 5.69. The number of halogens is 2. The largest absolute Gasteiger partial charge is 0.480 e. The van der Waals surface area contributed by atoms with Gasteiger partial charge in [-0.15, -0.1) is 0 Å². The molecule has 5 heteroatoms. The molecule has 3 rings (SSSR count). The van der Waals surface area contributed by atoms with Crippen molar-refractivity contribution in [3.63, 3.8) is 0 Å². The molecule has 0 bridgehead atoms. The maximum atomic E-state index is 13.3. The van der Waals surface area contributed by atoms with Crippen LogP contribution in [0.5, 0.6) is 0 Å². The molecule has 0 aromatic heterocycles. The number of hydrogen-bond donors (Lipinski definition) is 1. The Labute approximate surface area is 145 Å². The Kier molecular flexibility index (Phi) is 5.43. The summed E-state index contributed by atoms with van der Waals surface area (Å²) < 4.78 is 26.6. The molecule has 2 aromatic rings. The number of piperidine rings is 1. The first-order valence-electron chi connectivity index (χ1n) is 8.48. The number of likely N-dealkylation sites (tertiary alicyclic amines) is 1. The van der Waals surface area contributed by atoms with Crippen LogP contribution in [0.4, 0.5) is 8.78 Å². The Morgan fingerprint density at radius 3 is 1.80 bits per heavy atom. The zero-order valence-corrected chi connectivity index (χ0v) is 13.9. The fraction of sp³-hybridized carbons (Fsp3) is 0.350. The second-order valence-corrected chi connectivity index (χ2v) is 6.59. The number of benzene rings is 2. The van der Waals surface area contributed by atoms with E-state index in [4.69, 9.17) is 5.11 Å². The van der Waals surface area contributed by atoms with Crippen LogP contribution >= 0.6 is 0 Å².